The molecule has 8 aromatic carbocycles. The predicted octanol–water partition coefficient (Wildman–Crippen LogP) is 14.3. The normalized spacial score (nSPS) is 14.1. The van der Waals surface area contributed by atoms with Gasteiger partial charge in [0.25, 0.3) is 0 Å². The lowest BCUT2D eigenvalue weighted by molar-refractivity contribution is 0.660. The van der Waals surface area contributed by atoms with E-state index in [4.69, 9.17) is 0 Å². The first-order chi connectivity index (χ1) is 26.5. The number of hydrogen-bond acceptors (Lipinski definition) is 1. The number of halogens is 1. The molecule has 2 aliphatic carbocycles. The van der Waals surface area contributed by atoms with Crippen LogP contribution in [0.25, 0.3) is 33.4 Å². The van der Waals surface area contributed by atoms with Gasteiger partial charge < -0.3 is 4.90 Å². The van der Waals surface area contributed by atoms with E-state index in [1.807, 2.05) is 0 Å². The highest BCUT2D eigenvalue weighted by Gasteiger charge is 2.47. The van der Waals surface area contributed by atoms with Gasteiger partial charge in [-0.1, -0.05) is 181 Å². The first-order valence-electron chi connectivity index (χ1n) is 18.7. The fourth-order valence-corrected chi connectivity index (χ4v) is 9.95. The van der Waals surface area contributed by atoms with Crippen molar-refractivity contribution < 1.29 is 0 Å². The maximum atomic E-state index is 4.03. The number of hydrogen-bond donors (Lipinski definition) is 0. The van der Waals surface area contributed by atoms with Crippen LogP contribution >= 0.6 is 15.9 Å². The fraction of sp³-hybridized carbons (Fsp3) is 0.0769. The van der Waals surface area contributed by atoms with Gasteiger partial charge in [-0.3, -0.25) is 0 Å². The first kappa shape index (κ1) is 32.7. The van der Waals surface area contributed by atoms with Crippen molar-refractivity contribution in [1.82, 2.24) is 0 Å². The van der Waals surface area contributed by atoms with Gasteiger partial charge in [-0.05, 0) is 109 Å². The second-order valence-corrected chi connectivity index (χ2v) is 15.9. The van der Waals surface area contributed by atoms with Crippen LogP contribution in [0.3, 0.4) is 0 Å². The number of fused-ring (bicyclic) bond motifs is 6. The van der Waals surface area contributed by atoms with E-state index in [1.54, 1.807) is 0 Å². The Hall–Kier alpha value is -5.96. The molecule has 0 fully saturated rings. The van der Waals surface area contributed by atoms with E-state index in [1.165, 1.54) is 66.8 Å². The number of nitrogens with zero attached hydrogens (tertiary/aromatic N) is 1. The Bertz CT molecular complexity index is 2680. The van der Waals surface area contributed by atoms with Gasteiger partial charge in [0.05, 0.1) is 5.41 Å². The zero-order chi connectivity index (χ0) is 36.4. The summed E-state index contributed by atoms with van der Waals surface area (Å²) in [5.74, 6) is 0. The molecule has 8 aromatic rings. The molecule has 2 heteroatoms. The molecule has 258 valence electrons. The molecule has 0 bridgehead atoms. The van der Waals surface area contributed by atoms with Crippen molar-refractivity contribution >= 4 is 33.0 Å². The zero-order valence-corrected chi connectivity index (χ0v) is 31.9. The van der Waals surface area contributed by atoms with Crippen LogP contribution in [0.1, 0.15) is 47.2 Å². The minimum Gasteiger partial charge on any atom is -0.310 e. The SMILES string of the molecule is CC1(C)c2ccccc2-c2ccc(N(c3cccc(-c4ccccc4)c3)c3cccc(C4(c5ccccc5Br)c5ccccc5-c5ccccc54)c3)cc21. The quantitative estimate of drug-likeness (QED) is 0.163. The van der Waals surface area contributed by atoms with E-state index < -0.39 is 5.41 Å². The molecule has 0 spiro atoms. The Morgan fingerprint density at radius 2 is 0.870 bits per heavy atom. The highest BCUT2D eigenvalue weighted by Crippen LogP contribution is 2.58. The zero-order valence-electron chi connectivity index (χ0n) is 30.3. The van der Waals surface area contributed by atoms with Crippen molar-refractivity contribution in [3.8, 4) is 33.4 Å². The van der Waals surface area contributed by atoms with E-state index in [2.05, 4.69) is 229 Å². The molecule has 0 saturated carbocycles. The van der Waals surface area contributed by atoms with Gasteiger partial charge in [-0.25, -0.2) is 0 Å². The summed E-state index contributed by atoms with van der Waals surface area (Å²) in [6.07, 6.45) is 0. The summed E-state index contributed by atoms with van der Waals surface area (Å²) in [6, 6.07) is 71.5. The topological polar surface area (TPSA) is 3.24 Å². The van der Waals surface area contributed by atoms with Crippen LogP contribution in [0.2, 0.25) is 0 Å². The van der Waals surface area contributed by atoms with E-state index >= 15 is 0 Å². The average molecular weight is 757 g/mol. The van der Waals surface area contributed by atoms with Crippen LogP contribution in [0.5, 0.6) is 0 Å². The highest BCUT2D eigenvalue weighted by molar-refractivity contribution is 9.10. The van der Waals surface area contributed by atoms with E-state index in [-0.39, 0.29) is 5.41 Å². The molecule has 54 heavy (non-hydrogen) atoms. The second kappa shape index (κ2) is 12.6. The molecule has 10 rings (SSSR count). The van der Waals surface area contributed by atoms with Crippen LogP contribution in [0.15, 0.2) is 199 Å². The fourth-order valence-electron chi connectivity index (χ4n) is 9.37. The summed E-state index contributed by atoms with van der Waals surface area (Å²) in [5, 5.41) is 0. The van der Waals surface area contributed by atoms with E-state index in [0.717, 1.165) is 21.5 Å². The number of benzene rings is 8. The average Bonchev–Trinajstić information content (AvgIpc) is 3.65. The third-order valence-electron chi connectivity index (χ3n) is 11.8. The molecular formula is C52H38BrN. The molecular weight excluding hydrogens is 718 g/mol. The maximum Gasteiger partial charge on any atom is 0.0725 e. The summed E-state index contributed by atoms with van der Waals surface area (Å²) >= 11 is 4.03. The van der Waals surface area contributed by atoms with Crippen molar-refractivity contribution in [2.75, 3.05) is 4.90 Å². The van der Waals surface area contributed by atoms with Crippen molar-refractivity contribution in [3.05, 3.63) is 232 Å². The summed E-state index contributed by atoms with van der Waals surface area (Å²) in [5.41, 5.74) is 18.1. The van der Waals surface area contributed by atoms with Gasteiger partial charge in [-0.2, -0.15) is 0 Å². The minimum absolute atomic E-state index is 0.123. The summed E-state index contributed by atoms with van der Waals surface area (Å²) < 4.78 is 1.09. The third-order valence-corrected chi connectivity index (χ3v) is 12.5. The van der Waals surface area contributed by atoms with E-state index in [0.29, 0.717) is 0 Å². The third kappa shape index (κ3) is 4.83. The van der Waals surface area contributed by atoms with Crippen molar-refractivity contribution in [1.29, 1.82) is 0 Å². The van der Waals surface area contributed by atoms with Crippen molar-refractivity contribution in [2.24, 2.45) is 0 Å². The van der Waals surface area contributed by atoms with Gasteiger partial charge in [0.15, 0.2) is 0 Å². The molecule has 0 aromatic heterocycles. The molecule has 0 unspecified atom stereocenters. The van der Waals surface area contributed by atoms with Gasteiger partial charge in [-0.15, -0.1) is 0 Å². The lowest BCUT2D eigenvalue weighted by Gasteiger charge is -2.36. The Morgan fingerprint density at radius 3 is 1.56 bits per heavy atom. The second-order valence-electron chi connectivity index (χ2n) is 15.0. The molecule has 0 heterocycles. The standard InChI is InChI=1S/C52H38BrN/c1-51(2)45-25-9-6-22-41(45)44-31-30-40(34-49(44)51)54(38-20-14-18-36(32-38)35-16-4-3-5-17-35)39-21-15-19-37(33-39)52(48-28-12-13-29-50(48)53)46-26-10-7-23-42(46)43-24-8-11-27-47(43)52/h3-34H,1-2H3. The van der Waals surface area contributed by atoms with Gasteiger partial charge in [0, 0.05) is 26.9 Å². The maximum absolute atomic E-state index is 4.03. The van der Waals surface area contributed by atoms with Crippen LogP contribution in [0.4, 0.5) is 17.1 Å². The van der Waals surface area contributed by atoms with Gasteiger partial charge >= 0.3 is 0 Å². The first-order valence-corrected chi connectivity index (χ1v) is 19.5. The number of rotatable bonds is 6. The van der Waals surface area contributed by atoms with Crippen molar-refractivity contribution in [2.45, 2.75) is 24.7 Å². The molecule has 2 aliphatic rings. The van der Waals surface area contributed by atoms with Crippen LogP contribution < -0.4 is 4.90 Å². The van der Waals surface area contributed by atoms with Crippen LogP contribution in [0, 0.1) is 0 Å². The highest BCUT2D eigenvalue weighted by atomic mass is 79.9. The van der Waals surface area contributed by atoms with Crippen LogP contribution in [-0.2, 0) is 10.8 Å². The number of anilines is 3. The molecule has 0 N–H and O–H groups in total. The summed E-state index contributed by atoms with van der Waals surface area (Å²) in [4.78, 5) is 2.45. The minimum atomic E-state index is -0.539. The molecule has 0 saturated heterocycles. The largest absolute Gasteiger partial charge is 0.310 e. The Kier molecular flexibility index (Phi) is 7.61. The Morgan fingerprint density at radius 1 is 0.370 bits per heavy atom. The monoisotopic (exact) mass is 755 g/mol. The molecule has 0 aliphatic heterocycles. The van der Waals surface area contributed by atoms with Gasteiger partial charge in [0.1, 0.15) is 0 Å². The van der Waals surface area contributed by atoms with Crippen molar-refractivity contribution in [3.63, 3.8) is 0 Å². The smallest absolute Gasteiger partial charge is 0.0725 e. The lowest BCUT2D eigenvalue weighted by atomic mass is 9.67. The predicted molar refractivity (Wildman–Crippen MR) is 229 cm³/mol. The Labute approximate surface area is 326 Å². The summed E-state index contributed by atoms with van der Waals surface area (Å²) in [6.45, 7) is 4.72. The van der Waals surface area contributed by atoms with Crippen LogP contribution in [-0.4, -0.2) is 0 Å². The Balaban J connectivity index is 1.23. The lowest BCUT2D eigenvalue weighted by Crippen LogP contribution is -2.29. The molecule has 0 atom stereocenters. The summed E-state index contributed by atoms with van der Waals surface area (Å²) in [7, 11) is 0. The molecule has 1 nitrogen and oxygen atoms in total. The van der Waals surface area contributed by atoms with Gasteiger partial charge in [0.2, 0.25) is 0 Å². The molecule has 0 amide bonds. The molecule has 0 radical (unpaired) electrons. The van der Waals surface area contributed by atoms with E-state index in [9.17, 15) is 0 Å².